The summed E-state index contributed by atoms with van der Waals surface area (Å²) in [6.45, 7) is 3.18. The van der Waals surface area contributed by atoms with E-state index in [0.29, 0.717) is 30.5 Å². The summed E-state index contributed by atoms with van der Waals surface area (Å²) in [5, 5.41) is 21.6. The first-order valence-electron chi connectivity index (χ1n) is 27.0. The number of carbonyl (C=O) groups is 7. The summed E-state index contributed by atoms with van der Waals surface area (Å²) in [5.74, 6) is -3.52. The van der Waals surface area contributed by atoms with Crippen LogP contribution in [0.3, 0.4) is 0 Å². The Bertz CT molecular complexity index is 3490. The van der Waals surface area contributed by atoms with Gasteiger partial charge in [0.2, 0.25) is 17.7 Å². The minimum absolute atomic E-state index is 0.0182. The fourth-order valence-corrected chi connectivity index (χ4v) is 11.2. The molecular formula is C51H60FN13O19P2+2. The number of nitrogens with one attached hydrogen (secondary N) is 5. The molecule has 2 unspecified atom stereocenters. The lowest BCUT2D eigenvalue weighted by Gasteiger charge is -2.27. The number of H-pyrrole nitrogens is 1. The van der Waals surface area contributed by atoms with Crippen LogP contribution >= 0.6 is 16.5 Å². The molecule has 32 nitrogen and oxygen atoms in total. The van der Waals surface area contributed by atoms with Crippen molar-refractivity contribution in [3.8, 4) is 0 Å². The smallest absolute Gasteiger partial charge is 0.447 e. The van der Waals surface area contributed by atoms with E-state index < -0.39 is 126 Å². The third-order valence-corrected chi connectivity index (χ3v) is 15.9. The topological polar surface area (TPSA) is 397 Å². The van der Waals surface area contributed by atoms with Crippen molar-refractivity contribution >= 4 is 91.9 Å². The number of rotatable bonds is 20. The zero-order valence-corrected chi connectivity index (χ0v) is 48.3. The van der Waals surface area contributed by atoms with E-state index in [1.165, 1.54) is 41.9 Å². The number of imidazole rings is 1. The Balaban J connectivity index is 0.699. The van der Waals surface area contributed by atoms with Crippen molar-refractivity contribution in [2.24, 2.45) is 5.92 Å². The highest BCUT2D eigenvalue weighted by Gasteiger charge is 2.60. The molecule has 2 bridgehead atoms. The molecule has 7 amide bonds. The number of ether oxygens (including phenoxy) is 4. The second-order valence-corrected chi connectivity index (χ2v) is 22.3. The van der Waals surface area contributed by atoms with Gasteiger partial charge in [-0.3, -0.25) is 48.1 Å². The minimum atomic E-state index is -3.18. The number of halogens is 1. The summed E-state index contributed by atoms with van der Waals surface area (Å²) in [4.78, 5) is 122. The zero-order chi connectivity index (χ0) is 61.4. The molecular weight excluding hydrogens is 1180 g/mol. The molecule has 35 heteroatoms. The lowest BCUT2D eigenvalue weighted by Crippen LogP contribution is -2.53. The van der Waals surface area contributed by atoms with Gasteiger partial charge in [-0.1, -0.05) is 36.9 Å². The maximum absolute atomic E-state index is 15.1. The van der Waals surface area contributed by atoms with Gasteiger partial charge in [0.25, 0.3) is 23.1 Å². The van der Waals surface area contributed by atoms with Crippen LogP contribution in [-0.4, -0.2) is 174 Å². The summed E-state index contributed by atoms with van der Waals surface area (Å²) in [5.41, 5.74) is -2.03. The van der Waals surface area contributed by atoms with Gasteiger partial charge in [0, 0.05) is 59.6 Å². The largest absolute Gasteiger partial charge is 0.700 e. The summed E-state index contributed by atoms with van der Waals surface area (Å²) < 4.78 is 89.5. The third kappa shape index (κ3) is 14.4. The molecule has 1 aromatic carbocycles. The number of unbranched alkanes of at least 4 members (excludes halogenated alkanes) is 2. The van der Waals surface area contributed by atoms with E-state index >= 15 is 4.39 Å². The number of amides is 7. The molecule has 6 N–H and O–H groups in total. The molecule has 0 aliphatic carbocycles. The molecule has 0 saturated carbocycles. The van der Waals surface area contributed by atoms with Crippen LogP contribution in [0.15, 0.2) is 66.4 Å². The Morgan fingerprint density at radius 2 is 1.64 bits per heavy atom. The lowest BCUT2D eigenvalue weighted by molar-refractivity contribution is -0.137. The number of fused-ring (bicyclic) bond motifs is 5. The lowest BCUT2D eigenvalue weighted by atomic mass is 10.0. The number of hydrogen-bond acceptors (Lipinski definition) is 23. The van der Waals surface area contributed by atoms with Gasteiger partial charge in [0.05, 0.1) is 19.2 Å². The van der Waals surface area contributed by atoms with E-state index in [1.807, 2.05) is 0 Å². The average molecular weight is 1240 g/mol. The third-order valence-electron chi connectivity index (χ3n) is 14.2. The molecule has 4 aromatic heterocycles. The minimum Gasteiger partial charge on any atom is -0.447 e. The number of aliphatic hydroxyl groups excluding tert-OH is 1. The quantitative estimate of drug-likeness (QED) is 0.0370. The fourth-order valence-electron chi connectivity index (χ4n) is 9.56. The Morgan fingerprint density at radius 1 is 0.895 bits per heavy atom. The van der Waals surface area contributed by atoms with Gasteiger partial charge in [-0.2, -0.15) is 0 Å². The molecule has 5 aromatic rings. The number of imide groups is 1. The number of likely N-dealkylation sites (N-methyl/N-ethyl adjacent to an activating group) is 1. The summed E-state index contributed by atoms with van der Waals surface area (Å²) in [6, 6.07) is 4.51. The zero-order valence-electron chi connectivity index (χ0n) is 46.5. The predicted molar refractivity (Wildman–Crippen MR) is 293 cm³/mol. The number of anilines is 2. The Hall–Kier alpha value is -8.13. The van der Waals surface area contributed by atoms with Crippen LogP contribution in [0.4, 0.5) is 25.5 Å². The molecule has 10 atom stereocenters. The van der Waals surface area contributed by atoms with E-state index in [-0.39, 0.29) is 85.4 Å². The van der Waals surface area contributed by atoms with Crippen molar-refractivity contribution in [1.82, 2.24) is 54.5 Å². The molecule has 4 aliphatic heterocycles. The molecule has 458 valence electrons. The maximum Gasteiger partial charge on any atom is 0.700 e. The number of aliphatic hydroxyl groups is 1. The molecule has 8 heterocycles. The molecule has 0 radical (unpaired) electrons. The number of benzene rings is 1. The van der Waals surface area contributed by atoms with E-state index in [0.717, 1.165) is 28.3 Å². The maximum atomic E-state index is 15.1. The standard InChI is InChI=1S/C51H58FN13O19P2/c1-27(2)40(60-35(66)8-6-5-7-15-63-36(67)13-14-37(63)68)48(72)58-28(3)46(70)59-30-11-9-29(10-12-30)20-78-50(74)62(4)16-17-77-49(73)61-43-41-45(55-24-53-43)64(26-57-41)38-18-32-33(82-38)21-81-86(76)84-51(23-79-34(42(51)69)22-80-85(75)83-32)65-19-31(52)39-44(65)54-25-56-47(39)71/h9-14,19,24-28,32-34,38,40,42,69H,5-8,15-18,20-23H2,1-4H3,(H3-2,53,54,55,56,58,59,60,61,66,70,71,72,73)/p+2/t28-,32-,33+,34+,38+,40-,42+,51-/m0/s1. The second-order valence-electron chi connectivity index (χ2n) is 20.5. The van der Waals surface area contributed by atoms with Crippen LogP contribution in [0.2, 0.25) is 0 Å². The van der Waals surface area contributed by atoms with E-state index in [9.17, 15) is 52.6 Å². The van der Waals surface area contributed by atoms with Gasteiger partial charge in [0.15, 0.2) is 28.4 Å². The van der Waals surface area contributed by atoms with Gasteiger partial charge >= 0.3 is 28.7 Å². The van der Waals surface area contributed by atoms with Crippen LogP contribution < -0.4 is 26.8 Å². The summed E-state index contributed by atoms with van der Waals surface area (Å²) >= 11 is 0. The molecule has 3 saturated heterocycles. The molecule has 86 heavy (non-hydrogen) atoms. The van der Waals surface area contributed by atoms with Gasteiger partial charge in [-0.05, 0) is 43.4 Å². The average Bonchev–Trinajstić information content (AvgIpc) is 1.71. The van der Waals surface area contributed by atoms with Crippen LogP contribution in [0.1, 0.15) is 64.7 Å². The highest BCUT2D eigenvalue weighted by Crippen LogP contribution is 2.47. The molecule has 3 fully saturated rings. The first-order valence-corrected chi connectivity index (χ1v) is 29.2. The predicted octanol–water partition coefficient (Wildman–Crippen LogP) is 3.05. The van der Waals surface area contributed by atoms with Crippen LogP contribution in [0.5, 0.6) is 0 Å². The van der Waals surface area contributed by atoms with Gasteiger partial charge in [-0.25, -0.2) is 33.9 Å². The van der Waals surface area contributed by atoms with Crippen molar-refractivity contribution in [2.75, 3.05) is 57.2 Å². The highest BCUT2D eigenvalue weighted by molar-refractivity contribution is 7.33. The van der Waals surface area contributed by atoms with Crippen molar-refractivity contribution in [3.05, 3.63) is 83.3 Å². The number of hydrogen-bond donors (Lipinski definition) is 6. The van der Waals surface area contributed by atoms with Crippen molar-refractivity contribution in [1.29, 1.82) is 0 Å². The number of aromatic amines is 1. The normalized spacial score (nSPS) is 23.1. The number of aromatic nitrogens is 7. The molecule has 4 aliphatic rings. The van der Waals surface area contributed by atoms with E-state index in [4.69, 9.17) is 37.0 Å². The van der Waals surface area contributed by atoms with Crippen molar-refractivity contribution in [3.63, 3.8) is 0 Å². The van der Waals surface area contributed by atoms with Gasteiger partial charge in [0.1, 0.15) is 87.5 Å². The Labute approximate surface area is 488 Å². The van der Waals surface area contributed by atoms with E-state index in [1.54, 1.807) is 38.1 Å². The van der Waals surface area contributed by atoms with Crippen LogP contribution in [0.25, 0.3) is 22.2 Å². The summed E-state index contributed by atoms with van der Waals surface area (Å²) in [7, 11) is -4.68. The molecule has 0 spiro atoms. The van der Waals surface area contributed by atoms with Gasteiger partial charge in [-0.15, -0.1) is 13.6 Å². The first-order chi connectivity index (χ1) is 41.2. The number of carbonyl (C=O) groups excluding carboxylic acids is 7. The van der Waals surface area contributed by atoms with Gasteiger partial charge < -0.3 is 49.9 Å². The summed E-state index contributed by atoms with van der Waals surface area (Å²) in [6.07, 6.45) is 0.685. The van der Waals surface area contributed by atoms with Crippen molar-refractivity contribution < 1.29 is 89.2 Å². The van der Waals surface area contributed by atoms with Crippen LogP contribution in [0, 0.1) is 11.7 Å². The monoisotopic (exact) mass is 1240 g/mol. The first kappa shape index (κ1) is 62.4. The Kier molecular flexibility index (Phi) is 19.9. The van der Waals surface area contributed by atoms with E-state index in [2.05, 4.69) is 46.2 Å². The molecule has 9 rings (SSSR count). The van der Waals surface area contributed by atoms with Crippen molar-refractivity contribution in [2.45, 2.75) is 108 Å². The number of nitrogens with zero attached hydrogens (tertiary/aromatic N) is 8. The second kappa shape index (κ2) is 27.5. The highest BCUT2D eigenvalue weighted by atomic mass is 31.1. The van der Waals surface area contributed by atoms with Crippen LogP contribution in [-0.2, 0) is 82.5 Å². The SMILES string of the molecule is CC(C)[C@H](NC(=O)CCCCCN1C(=O)C=CC1=O)C(=O)N[C@@H](C)C(=O)Nc1ccc(COC(=O)N(C)CCOC(=O)Nc2ncnc3c2ncn3[C@H]2C[C@@H]3O[P+](=O)OC[C@H]4OC[C@](n5cc(F)c6c(=O)[nH]cnc65)(O[P+](=O)OC[C@H]3O2)[C@@H]4O)cc1. The Morgan fingerprint density at radius 3 is 2.40 bits per heavy atom. The fraction of sp³-hybridized carbons (Fsp3) is 0.490.